The topological polar surface area (TPSA) is 67.4 Å². The Morgan fingerprint density at radius 1 is 0.963 bits per heavy atom. The fraction of sp³-hybridized carbons (Fsp3) is 0.263. The van der Waals surface area contributed by atoms with Gasteiger partial charge in [0.2, 0.25) is 5.91 Å². The number of ether oxygens (including phenoxy) is 1. The van der Waals surface area contributed by atoms with Crippen LogP contribution in [0.25, 0.3) is 0 Å². The first-order valence-electron chi connectivity index (χ1n) is 8.10. The number of carbonyl (C=O) groups is 2. The lowest BCUT2D eigenvalue weighted by molar-refractivity contribution is -0.139. The summed E-state index contributed by atoms with van der Waals surface area (Å²) in [5, 5.41) is 5.01. The maximum Gasteiger partial charge on any atom is 0.419 e. The molecule has 0 fully saturated rings. The Bertz CT molecular complexity index is 815. The molecule has 0 aliphatic rings. The van der Waals surface area contributed by atoms with Crippen LogP contribution in [0, 0.1) is 13.8 Å². The third kappa shape index (κ3) is 5.73. The third-order valence-electron chi connectivity index (χ3n) is 3.74. The van der Waals surface area contributed by atoms with Crippen LogP contribution in [0.1, 0.15) is 16.7 Å². The van der Waals surface area contributed by atoms with Crippen molar-refractivity contribution in [1.29, 1.82) is 0 Å². The first-order chi connectivity index (χ1) is 12.7. The minimum Gasteiger partial charge on any atom is -0.483 e. The third-order valence-corrected chi connectivity index (χ3v) is 3.74. The van der Waals surface area contributed by atoms with Crippen molar-refractivity contribution in [1.82, 2.24) is 5.32 Å². The van der Waals surface area contributed by atoms with E-state index >= 15 is 0 Å². The molecule has 5 nitrogen and oxygen atoms in total. The van der Waals surface area contributed by atoms with Gasteiger partial charge in [0.15, 0.2) is 6.61 Å². The highest BCUT2D eigenvalue weighted by atomic mass is 19.4. The van der Waals surface area contributed by atoms with Crippen LogP contribution < -0.4 is 15.4 Å². The van der Waals surface area contributed by atoms with Crippen LogP contribution in [0.5, 0.6) is 5.75 Å². The predicted molar refractivity (Wildman–Crippen MR) is 94.5 cm³/mol. The number of rotatable bonds is 6. The van der Waals surface area contributed by atoms with Crippen LogP contribution in [0.3, 0.4) is 0 Å². The maximum absolute atomic E-state index is 12.9. The second-order valence-electron chi connectivity index (χ2n) is 5.87. The lowest BCUT2D eigenvalue weighted by Gasteiger charge is -2.14. The number of hydrogen-bond acceptors (Lipinski definition) is 3. The van der Waals surface area contributed by atoms with Crippen molar-refractivity contribution < 1.29 is 27.5 Å². The monoisotopic (exact) mass is 380 g/mol. The highest BCUT2D eigenvalue weighted by Gasteiger charge is 2.34. The van der Waals surface area contributed by atoms with E-state index in [1.165, 1.54) is 12.1 Å². The molecule has 2 aromatic carbocycles. The summed E-state index contributed by atoms with van der Waals surface area (Å²) in [7, 11) is 0. The molecule has 0 atom stereocenters. The number of aryl methyl sites for hydroxylation is 2. The van der Waals surface area contributed by atoms with Crippen molar-refractivity contribution >= 4 is 17.5 Å². The van der Waals surface area contributed by atoms with E-state index in [0.29, 0.717) is 5.69 Å². The van der Waals surface area contributed by atoms with Crippen LogP contribution in [-0.2, 0) is 15.8 Å². The van der Waals surface area contributed by atoms with Gasteiger partial charge in [0.05, 0.1) is 12.1 Å². The standard InChI is InChI=1S/C19H19F3N2O3/c1-12-6-5-7-13(2)18(12)24-16(25)10-23-17(26)11-27-15-9-4-3-8-14(15)19(20,21)22/h3-9H,10-11H2,1-2H3,(H,23,26)(H,24,25). The Morgan fingerprint density at radius 3 is 2.22 bits per heavy atom. The molecule has 0 unspecified atom stereocenters. The number of amides is 2. The van der Waals surface area contributed by atoms with Gasteiger partial charge in [-0.15, -0.1) is 0 Å². The van der Waals surface area contributed by atoms with Crippen LogP contribution in [-0.4, -0.2) is 25.0 Å². The van der Waals surface area contributed by atoms with E-state index in [2.05, 4.69) is 10.6 Å². The smallest absolute Gasteiger partial charge is 0.419 e. The van der Waals surface area contributed by atoms with Crippen LogP contribution in [0.15, 0.2) is 42.5 Å². The van der Waals surface area contributed by atoms with Crippen molar-refractivity contribution in [3.05, 3.63) is 59.2 Å². The van der Waals surface area contributed by atoms with Gasteiger partial charge >= 0.3 is 6.18 Å². The lowest BCUT2D eigenvalue weighted by atomic mass is 10.1. The van der Waals surface area contributed by atoms with E-state index in [-0.39, 0.29) is 6.54 Å². The van der Waals surface area contributed by atoms with Crippen molar-refractivity contribution in [3.8, 4) is 5.75 Å². The number of alkyl halides is 3. The Kier molecular flexibility index (Phi) is 6.44. The average Bonchev–Trinajstić information content (AvgIpc) is 2.61. The minimum absolute atomic E-state index is 0.323. The van der Waals surface area contributed by atoms with Gasteiger partial charge in [-0.3, -0.25) is 9.59 Å². The second-order valence-corrected chi connectivity index (χ2v) is 5.87. The van der Waals surface area contributed by atoms with E-state index in [4.69, 9.17) is 4.74 Å². The van der Waals surface area contributed by atoms with Gasteiger partial charge in [-0.2, -0.15) is 13.2 Å². The first-order valence-corrected chi connectivity index (χ1v) is 8.10. The SMILES string of the molecule is Cc1cccc(C)c1NC(=O)CNC(=O)COc1ccccc1C(F)(F)F. The van der Waals surface area contributed by atoms with Gasteiger partial charge in [-0.25, -0.2) is 0 Å². The summed E-state index contributed by atoms with van der Waals surface area (Å²) in [6.07, 6.45) is -4.58. The van der Waals surface area contributed by atoms with Gasteiger partial charge in [0.25, 0.3) is 5.91 Å². The Balaban J connectivity index is 1.86. The van der Waals surface area contributed by atoms with E-state index in [1.807, 2.05) is 32.0 Å². The average molecular weight is 380 g/mol. The molecular weight excluding hydrogens is 361 g/mol. The quantitative estimate of drug-likeness (QED) is 0.807. The first kappa shape index (κ1) is 20.3. The molecule has 144 valence electrons. The van der Waals surface area contributed by atoms with Gasteiger partial charge in [0, 0.05) is 5.69 Å². The zero-order valence-electron chi connectivity index (χ0n) is 14.8. The molecule has 0 saturated carbocycles. The summed E-state index contributed by atoms with van der Waals surface area (Å²) >= 11 is 0. The van der Waals surface area contributed by atoms with Gasteiger partial charge in [-0.1, -0.05) is 30.3 Å². The van der Waals surface area contributed by atoms with Gasteiger partial charge in [0.1, 0.15) is 5.75 Å². The molecule has 0 aliphatic carbocycles. The Hall–Kier alpha value is -3.03. The summed E-state index contributed by atoms with van der Waals surface area (Å²) in [6.45, 7) is 2.72. The number of halogens is 3. The molecule has 0 bridgehead atoms. The molecule has 0 aliphatic heterocycles. The molecule has 0 radical (unpaired) electrons. The molecule has 2 amide bonds. The summed E-state index contributed by atoms with van der Waals surface area (Å²) < 4.78 is 43.5. The molecule has 2 N–H and O–H groups in total. The molecule has 0 spiro atoms. The van der Waals surface area contributed by atoms with Crippen molar-refractivity contribution in [3.63, 3.8) is 0 Å². The molecule has 2 rings (SSSR count). The van der Waals surface area contributed by atoms with E-state index in [1.54, 1.807) is 0 Å². The molecule has 0 saturated heterocycles. The number of para-hydroxylation sites is 2. The zero-order chi connectivity index (χ0) is 20.0. The fourth-order valence-corrected chi connectivity index (χ4v) is 2.40. The summed E-state index contributed by atoms with van der Waals surface area (Å²) in [4.78, 5) is 23.7. The fourth-order valence-electron chi connectivity index (χ4n) is 2.40. The Morgan fingerprint density at radius 2 is 1.59 bits per heavy atom. The summed E-state index contributed by atoms with van der Waals surface area (Å²) in [6, 6.07) is 10.1. The van der Waals surface area contributed by atoms with E-state index in [9.17, 15) is 22.8 Å². The molecular formula is C19H19F3N2O3. The number of benzene rings is 2. The van der Waals surface area contributed by atoms with Gasteiger partial charge in [-0.05, 0) is 37.1 Å². The molecule has 0 heterocycles. The summed E-state index contributed by atoms with van der Waals surface area (Å²) in [5.74, 6) is -1.60. The highest BCUT2D eigenvalue weighted by molar-refractivity contribution is 5.95. The molecule has 27 heavy (non-hydrogen) atoms. The minimum atomic E-state index is -4.58. The number of nitrogens with one attached hydrogen (secondary N) is 2. The second kappa shape index (κ2) is 8.57. The van der Waals surface area contributed by atoms with E-state index < -0.39 is 35.9 Å². The van der Waals surface area contributed by atoms with Crippen molar-refractivity contribution in [2.45, 2.75) is 20.0 Å². The van der Waals surface area contributed by atoms with E-state index in [0.717, 1.165) is 23.3 Å². The largest absolute Gasteiger partial charge is 0.483 e. The maximum atomic E-state index is 12.9. The van der Waals surface area contributed by atoms with Crippen LogP contribution in [0.4, 0.5) is 18.9 Å². The molecule has 0 aromatic heterocycles. The summed E-state index contributed by atoms with van der Waals surface area (Å²) in [5.41, 5.74) is 1.45. The molecule has 8 heteroatoms. The lowest BCUT2D eigenvalue weighted by Crippen LogP contribution is -2.36. The highest BCUT2D eigenvalue weighted by Crippen LogP contribution is 2.35. The molecule has 2 aromatic rings. The van der Waals surface area contributed by atoms with Crippen molar-refractivity contribution in [2.24, 2.45) is 0 Å². The predicted octanol–water partition coefficient (Wildman–Crippen LogP) is 3.46. The number of anilines is 1. The van der Waals surface area contributed by atoms with Crippen molar-refractivity contribution in [2.75, 3.05) is 18.5 Å². The Labute approximate surface area is 154 Å². The normalized spacial score (nSPS) is 11.0. The van der Waals surface area contributed by atoms with Crippen LogP contribution >= 0.6 is 0 Å². The van der Waals surface area contributed by atoms with Gasteiger partial charge < -0.3 is 15.4 Å². The zero-order valence-corrected chi connectivity index (χ0v) is 14.8. The number of hydrogen-bond donors (Lipinski definition) is 2. The number of carbonyl (C=O) groups excluding carboxylic acids is 2. The van der Waals surface area contributed by atoms with Crippen LogP contribution in [0.2, 0.25) is 0 Å².